The summed E-state index contributed by atoms with van der Waals surface area (Å²) in [4.78, 5) is 14.4. The molecule has 0 spiro atoms. The summed E-state index contributed by atoms with van der Waals surface area (Å²) in [6.07, 6.45) is 3.97. The van der Waals surface area contributed by atoms with Gasteiger partial charge in [-0.3, -0.25) is 4.79 Å². The van der Waals surface area contributed by atoms with Crippen LogP contribution in [0.15, 0.2) is 30.3 Å². The van der Waals surface area contributed by atoms with Crippen LogP contribution in [0.5, 0.6) is 0 Å². The Morgan fingerprint density at radius 3 is 2.79 bits per heavy atom. The van der Waals surface area contributed by atoms with Crippen LogP contribution >= 0.6 is 0 Å². The molecule has 1 heterocycles. The van der Waals surface area contributed by atoms with Crippen LogP contribution in [-0.4, -0.2) is 36.5 Å². The molecule has 1 fully saturated rings. The number of hydrogen-bond acceptors (Lipinski definition) is 2. The van der Waals surface area contributed by atoms with Gasteiger partial charge < -0.3 is 10.2 Å². The second-order valence-electron chi connectivity index (χ2n) is 5.30. The maximum atomic E-state index is 12.4. The van der Waals surface area contributed by atoms with Gasteiger partial charge in [0.2, 0.25) is 5.91 Å². The van der Waals surface area contributed by atoms with Gasteiger partial charge in [0.1, 0.15) is 0 Å². The third-order valence-corrected chi connectivity index (χ3v) is 3.65. The van der Waals surface area contributed by atoms with E-state index in [0.717, 1.165) is 31.6 Å². The molecule has 104 valence electrons. The number of rotatable bonds is 6. The lowest BCUT2D eigenvalue weighted by Gasteiger charge is -2.25. The topological polar surface area (TPSA) is 32.3 Å². The first-order valence-corrected chi connectivity index (χ1v) is 7.34. The predicted molar refractivity (Wildman–Crippen MR) is 78.0 cm³/mol. The van der Waals surface area contributed by atoms with Crippen molar-refractivity contribution in [1.82, 2.24) is 10.2 Å². The molecule has 1 aromatic rings. The number of amides is 1. The SMILES string of the molecule is CCCN(CC1CCCN1)C(=O)Cc1ccccc1. The van der Waals surface area contributed by atoms with Crippen molar-refractivity contribution in [3.8, 4) is 0 Å². The summed E-state index contributed by atoms with van der Waals surface area (Å²) in [7, 11) is 0. The highest BCUT2D eigenvalue weighted by Gasteiger charge is 2.20. The highest BCUT2D eigenvalue weighted by molar-refractivity contribution is 5.78. The molecule has 1 aromatic carbocycles. The van der Waals surface area contributed by atoms with Crippen molar-refractivity contribution in [2.45, 2.75) is 38.6 Å². The molecule has 0 aliphatic carbocycles. The summed E-state index contributed by atoms with van der Waals surface area (Å²) in [5, 5.41) is 3.47. The highest BCUT2D eigenvalue weighted by atomic mass is 16.2. The Balaban J connectivity index is 1.91. The monoisotopic (exact) mass is 260 g/mol. The number of nitrogens with one attached hydrogen (secondary N) is 1. The lowest BCUT2D eigenvalue weighted by atomic mass is 10.1. The number of carbonyl (C=O) groups excluding carboxylic acids is 1. The average molecular weight is 260 g/mol. The lowest BCUT2D eigenvalue weighted by molar-refractivity contribution is -0.130. The van der Waals surface area contributed by atoms with Gasteiger partial charge in [0.05, 0.1) is 6.42 Å². The van der Waals surface area contributed by atoms with E-state index >= 15 is 0 Å². The zero-order valence-corrected chi connectivity index (χ0v) is 11.8. The fourth-order valence-corrected chi connectivity index (χ4v) is 2.65. The molecule has 2 rings (SSSR count). The van der Waals surface area contributed by atoms with Crippen LogP contribution in [0.4, 0.5) is 0 Å². The van der Waals surface area contributed by atoms with Gasteiger partial charge in [-0.05, 0) is 31.4 Å². The van der Waals surface area contributed by atoms with Crippen LogP contribution in [0.3, 0.4) is 0 Å². The van der Waals surface area contributed by atoms with E-state index in [9.17, 15) is 4.79 Å². The summed E-state index contributed by atoms with van der Waals surface area (Å²) in [5.41, 5.74) is 1.10. The Labute approximate surface area is 116 Å². The van der Waals surface area contributed by atoms with Crippen LogP contribution in [0, 0.1) is 0 Å². The standard InChI is InChI=1S/C16H24N2O/c1-2-11-18(13-15-9-6-10-17-15)16(19)12-14-7-4-3-5-8-14/h3-5,7-8,15,17H,2,6,9-13H2,1H3. The molecule has 1 N–H and O–H groups in total. The van der Waals surface area contributed by atoms with Crippen LogP contribution in [0.25, 0.3) is 0 Å². The first-order valence-electron chi connectivity index (χ1n) is 7.34. The third kappa shape index (κ3) is 4.35. The molecule has 19 heavy (non-hydrogen) atoms. The molecule has 3 nitrogen and oxygen atoms in total. The molecule has 1 saturated heterocycles. The first-order chi connectivity index (χ1) is 9.29. The molecule has 0 bridgehead atoms. The van der Waals surface area contributed by atoms with Crippen molar-refractivity contribution in [2.75, 3.05) is 19.6 Å². The van der Waals surface area contributed by atoms with Crippen molar-refractivity contribution in [2.24, 2.45) is 0 Å². The maximum Gasteiger partial charge on any atom is 0.227 e. The van der Waals surface area contributed by atoms with Crippen molar-refractivity contribution in [3.63, 3.8) is 0 Å². The molecule has 1 aliphatic rings. The van der Waals surface area contributed by atoms with Crippen LogP contribution < -0.4 is 5.32 Å². The highest BCUT2D eigenvalue weighted by Crippen LogP contribution is 2.09. The smallest absolute Gasteiger partial charge is 0.227 e. The van der Waals surface area contributed by atoms with Crippen LogP contribution in [0.2, 0.25) is 0 Å². The van der Waals surface area contributed by atoms with Gasteiger partial charge in [0.15, 0.2) is 0 Å². The summed E-state index contributed by atoms with van der Waals surface area (Å²) in [5.74, 6) is 0.252. The molecule has 3 heteroatoms. The zero-order chi connectivity index (χ0) is 13.5. The molecule has 0 radical (unpaired) electrons. The Morgan fingerprint density at radius 1 is 1.37 bits per heavy atom. The van der Waals surface area contributed by atoms with E-state index in [-0.39, 0.29) is 5.91 Å². The second kappa shape index (κ2) is 7.29. The molecule has 1 atom stereocenters. The van der Waals surface area contributed by atoms with E-state index in [1.807, 2.05) is 35.2 Å². The second-order valence-corrected chi connectivity index (χ2v) is 5.30. The molecule has 0 saturated carbocycles. The Hall–Kier alpha value is -1.35. The lowest BCUT2D eigenvalue weighted by Crippen LogP contribution is -2.42. The van der Waals surface area contributed by atoms with E-state index in [1.54, 1.807) is 0 Å². The van der Waals surface area contributed by atoms with Crippen molar-refractivity contribution >= 4 is 5.91 Å². The predicted octanol–water partition coefficient (Wildman–Crippen LogP) is 2.22. The molecular formula is C16H24N2O. The Kier molecular flexibility index (Phi) is 5.40. The Morgan fingerprint density at radius 2 is 2.16 bits per heavy atom. The molecular weight excluding hydrogens is 236 g/mol. The van der Waals surface area contributed by atoms with Gasteiger partial charge >= 0.3 is 0 Å². The minimum absolute atomic E-state index is 0.252. The number of hydrogen-bond donors (Lipinski definition) is 1. The van der Waals surface area contributed by atoms with Crippen molar-refractivity contribution in [3.05, 3.63) is 35.9 Å². The third-order valence-electron chi connectivity index (χ3n) is 3.65. The van der Waals surface area contributed by atoms with Crippen molar-refractivity contribution in [1.29, 1.82) is 0 Å². The fourth-order valence-electron chi connectivity index (χ4n) is 2.65. The van der Waals surface area contributed by atoms with Gasteiger partial charge in [-0.2, -0.15) is 0 Å². The summed E-state index contributed by atoms with van der Waals surface area (Å²) < 4.78 is 0. The van der Waals surface area contributed by atoms with Gasteiger partial charge in [-0.1, -0.05) is 37.3 Å². The van der Waals surface area contributed by atoms with Gasteiger partial charge in [-0.15, -0.1) is 0 Å². The molecule has 1 unspecified atom stereocenters. The van der Waals surface area contributed by atoms with Crippen LogP contribution in [-0.2, 0) is 11.2 Å². The number of nitrogens with zero attached hydrogens (tertiary/aromatic N) is 1. The van der Waals surface area contributed by atoms with E-state index < -0.39 is 0 Å². The Bertz CT molecular complexity index is 385. The largest absolute Gasteiger partial charge is 0.341 e. The normalized spacial score (nSPS) is 18.5. The number of carbonyl (C=O) groups is 1. The summed E-state index contributed by atoms with van der Waals surface area (Å²) in [6.45, 7) is 4.95. The van der Waals surface area contributed by atoms with E-state index in [1.165, 1.54) is 12.8 Å². The van der Waals surface area contributed by atoms with Gasteiger partial charge in [-0.25, -0.2) is 0 Å². The van der Waals surface area contributed by atoms with E-state index in [2.05, 4.69) is 12.2 Å². The van der Waals surface area contributed by atoms with E-state index in [0.29, 0.717) is 12.5 Å². The first kappa shape index (κ1) is 14.1. The molecule has 1 amide bonds. The number of benzene rings is 1. The minimum Gasteiger partial charge on any atom is -0.341 e. The summed E-state index contributed by atoms with van der Waals surface area (Å²) in [6, 6.07) is 10.5. The van der Waals surface area contributed by atoms with Gasteiger partial charge in [0.25, 0.3) is 0 Å². The molecule has 0 aromatic heterocycles. The van der Waals surface area contributed by atoms with Gasteiger partial charge in [0, 0.05) is 19.1 Å². The van der Waals surface area contributed by atoms with Crippen molar-refractivity contribution < 1.29 is 4.79 Å². The van der Waals surface area contributed by atoms with E-state index in [4.69, 9.17) is 0 Å². The zero-order valence-electron chi connectivity index (χ0n) is 11.8. The fraction of sp³-hybridized carbons (Fsp3) is 0.562. The average Bonchev–Trinajstić information content (AvgIpc) is 2.92. The quantitative estimate of drug-likeness (QED) is 0.850. The minimum atomic E-state index is 0.252. The summed E-state index contributed by atoms with van der Waals surface area (Å²) >= 11 is 0. The maximum absolute atomic E-state index is 12.4. The molecule has 1 aliphatic heterocycles. The van der Waals surface area contributed by atoms with Crippen LogP contribution in [0.1, 0.15) is 31.7 Å².